The van der Waals surface area contributed by atoms with Gasteiger partial charge in [0.1, 0.15) is 12.2 Å². The minimum atomic E-state index is -0.585. The molecule has 0 fully saturated rings. The Morgan fingerprint density at radius 3 is 1.69 bits per heavy atom. The number of rotatable bonds is 5. The van der Waals surface area contributed by atoms with Gasteiger partial charge in [0.15, 0.2) is 0 Å². The highest BCUT2D eigenvalue weighted by molar-refractivity contribution is 5.76. The summed E-state index contributed by atoms with van der Waals surface area (Å²) < 4.78 is 17.5. The van der Waals surface area contributed by atoms with E-state index in [9.17, 15) is 9.59 Å². The number of benzene rings is 1. The first kappa shape index (κ1) is 23.1. The molecule has 0 radical (unpaired) electrons. The third kappa shape index (κ3) is 7.65. The van der Waals surface area contributed by atoms with Crippen LogP contribution in [-0.4, -0.2) is 30.3 Å². The molecule has 0 aromatic heterocycles. The van der Waals surface area contributed by atoms with Crippen molar-refractivity contribution >= 4 is 11.9 Å². The summed E-state index contributed by atoms with van der Waals surface area (Å²) in [7, 11) is 0. The Hall–Kier alpha value is -2.14. The van der Waals surface area contributed by atoms with Crippen LogP contribution in [0.5, 0.6) is 0 Å². The Morgan fingerprint density at radius 2 is 1.28 bits per heavy atom. The van der Waals surface area contributed by atoms with Crippen molar-refractivity contribution < 1.29 is 23.8 Å². The molecule has 1 aliphatic rings. The highest BCUT2D eigenvalue weighted by atomic mass is 16.6. The zero-order valence-corrected chi connectivity index (χ0v) is 18.4. The standard InChI is InChI=1S/C24H34O5/c1-23(2,3)21(25)28-18-12-13-19(29-22(26)24(4,5)6)15-20(14-18)27-16-17-10-8-7-9-11-17/h7-13,18-20H,14-16H2,1-6H3/t18-,19+,20?. The first-order valence-electron chi connectivity index (χ1n) is 10.2. The zero-order chi connectivity index (χ0) is 21.7. The molecule has 1 aromatic carbocycles. The maximum atomic E-state index is 12.3. The Balaban J connectivity index is 2.10. The number of carbonyl (C=O) groups excluding carboxylic acids is 2. The van der Waals surface area contributed by atoms with Gasteiger partial charge in [0, 0.05) is 12.8 Å². The number of carbonyl (C=O) groups is 2. The van der Waals surface area contributed by atoms with Gasteiger partial charge in [-0.1, -0.05) is 30.3 Å². The second kappa shape index (κ2) is 9.57. The molecular formula is C24H34O5. The van der Waals surface area contributed by atoms with Gasteiger partial charge in [0.05, 0.1) is 23.5 Å². The molecule has 160 valence electrons. The van der Waals surface area contributed by atoms with Crippen LogP contribution in [-0.2, 0) is 30.4 Å². The lowest BCUT2D eigenvalue weighted by molar-refractivity contribution is -0.158. The number of hydrogen-bond acceptors (Lipinski definition) is 5. The third-order valence-corrected chi connectivity index (χ3v) is 4.60. The molecule has 5 heteroatoms. The molecule has 1 unspecified atom stereocenters. The van der Waals surface area contributed by atoms with Gasteiger partial charge >= 0.3 is 11.9 Å². The van der Waals surface area contributed by atoms with Crippen LogP contribution in [0.2, 0.25) is 0 Å². The molecule has 2 rings (SSSR count). The summed E-state index contributed by atoms with van der Waals surface area (Å²) in [6.45, 7) is 11.4. The molecule has 0 bridgehead atoms. The van der Waals surface area contributed by atoms with Crippen LogP contribution < -0.4 is 0 Å². The van der Waals surface area contributed by atoms with Crippen molar-refractivity contribution in [2.45, 2.75) is 79.3 Å². The highest BCUT2D eigenvalue weighted by Gasteiger charge is 2.32. The molecule has 1 aliphatic carbocycles. The fourth-order valence-corrected chi connectivity index (χ4v) is 2.75. The van der Waals surface area contributed by atoms with Gasteiger partial charge in [-0.2, -0.15) is 0 Å². The summed E-state index contributed by atoms with van der Waals surface area (Å²) in [5.74, 6) is -0.529. The minimum absolute atomic E-state index is 0.208. The predicted molar refractivity (Wildman–Crippen MR) is 112 cm³/mol. The maximum absolute atomic E-state index is 12.3. The summed E-state index contributed by atoms with van der Waals surface area (Å²) in [6, 6.07) is 9.90. The summed E-state index contributed by atoms with van der Waals surface area (Å²) in [4.78, 5) is 24.7. The van der Waals surface area contributed by atoms with Crippen molar-refractivity contribution in [1.29, 1.82) is 0 Å². The SMILES string of the molecule is CC(C)(C)C(=O)O[C@@H]1C=C[C@H](OC(=O)C(C)(C)C)CC(OCc2ccccc2)C1. The lowest BCUT2D eigenvalue weighted by Gasteiger charge is -2.25. The molecular weight excluding hydrogens is 368 g/mol. The fourth-order valence-electron chi connectivity index (χ4n) is 2.75. The summed E-state index contributed by atoms with van der Waals surface area (Å²) in [5, 5.41) is 0. The molecule has 29 heavy (non-hydrogen) atoms. The van der Waals surface area contributed by atoms with E-state index in [4.69, 9.17) is 14.2 Å². The van der Waals surface area contributed by atoms with Gasteiger partial charge < -0.3 is 14.2 Å². The first-order valence-corrected chi connectivity index (χ1v) is 10.2. The molecule has 1 aromatic rings. The smallest absolute Gasteiger partial charge is 0.311 e. The van der Waals surface area contributed by atoms with Crippen LogP contribution in [0, 0.1) is 10.8 Å². The molecule has 0 amide bonds. The molecule has 0 spiro atoms. The van der Waals surface area contributed by atoms with Gasteiger partial charge in [0.2, 0.25) is 0 Å². The molecule has 0 N–H and O–H groups in total. The quantitative estimate of drug-likeness (QED) is 0.521. The van der Waals surface area contributed by atoms with E-state index >= 15 is 0 Å². The molecule has 0 heterocycles. The van der Waals surface area contributed by atoms with Crippen molar-refractivity contribution in [3.63, 3.8) is 0 Å². The van der Waals surface area contributed by atoms with Crippen molar-refractivity contribution in [3.8, 4) is 0 Å². The average molecular weight is 403 g/mol. The molecule has 0 saturated carbocycles. The first-order chi connectivity index (χ1) is 13.4. The maximum Gasteiger partial charge on any atom is 0.311 e. The Labute approximate surface area is 174 Å². The Morgan fingerprint density at radius 1 is 0.828 bits per heavy atom. The second-order valence-corrected chi connectivity index (χ2v) is 9.66. The van der Waals surface area contributed by atoms with E-state index in [0.717, 1.165) is 5.56 Å². The Bertz CT molecular complexity index is 669. The largest absolute Gasteiger partial charge is 0.458 e. The average Bonchev–Trinajstić information content (AvgIpc) is 2.81. The molecule has 0 saturated heterocycles. The summed E-state index contributed by atoms with van der Waals surface area (Å²) >= 11 is 0. The van der Waals surface area contributed by atoms with Gasteiger partial charge in [-0.05, 0) is 59.3 Å². The van der Waals surface area contributed by atoms with Gasteiger partial charge in [-0.3, -0.25) is 9.59 Å². The lowest BCUT2D eigenvalue weighted by Crippen LogP contribution is -2.31. The molecule has 0 aliphatic heterocycles. The third-order valence-electron chi connectivity index (χ3n) is 4.60. The summed E-state index contributed by atoms with van der Waals surface area (Å²) in [5.41, 5.74) is -0.103. The van der Waals surface area contributed by atoms with Crippen LogP contribution in [0.25, 0.3) is 0 Å². The van der Waals surface area contributed by atoms with E-state index in [0.29, 0.717) is 19.4 Å². The van der Waals surface area contributed by atoms with E-state index in [-0.39, 0.29) is 18.0 Å². The Kier molecular flexibility index (Phi) is 7.64. The lowest BCUT2D eigenvalue weighted by atomic mass is 9.97. The normalized spacial score (nSPS) is 22.6. The minimum Gasteiger partial charge on any atom is -0.458 e. The van der Waals surface area contributed by atoms with E-state index in [1.54, 1.807) is 0 Å². The number of hydrogen-bond donors (Lipinski definition) is 0. The van der Waals surface area contributed by atoms with Crippen LogP contribution >= 0.6 is 0 Å². The van der Waals surface area contributed by atoms with Crippen LogP contribution in [0.4, 0.5) is 0 Å². The van der Waals surface area contributed by atoms with E-state index < -0.39 is 23.0 Å². The highest BCUT2D eigenvalue weighted by Crippen LogP contribution is 2.26. The van der Waals surface area contributed by atoms with Crippen molar-refractivity contribution in [1.82, 2.24) is 0 Å². The number of ether oxygens (including phenoxy) is 3. The van der Waals surface area contributed by atoms with Crippen LogP contribution in [0.1, 0.15) is 59.9 Å². The van der Waals surface area contributed by atoms with E-state index in [1.807, 2.05) is 84.0 Å². The second-order valence-electron chi connectivity index (χ2n) is 9.66. The van der Waals surface area contributed by atoms with Crippen molar-refractivity contribution in [3.05, 3.63) is 48.0 Å². The van der Waals surface area contributed by atoms with Crippen LogP contribution in [0.15, 0.2) is 42.5 Å². The van der Waals surface area contributed by atoms with Crippen molar-refractivity contribution in [2.24, 2.45) is 10.8 Å². The predicted octanol–water partition coefficient (Wildman–Crippen LogP) is 4.84. The van der Waals surface area contributed by atoms with Crippen LogP contribution in [0.3, 0.4) is 0 Å². The topological polar surface area (TPSA) is 61.8 Å². The van der Waals surface area contributed by atoms with E-state index in [1.165, 1.54) is 0 Å². The zero-order valence-electron chi connectivity index (χ0n) is 18.4. The fraction of sp³-hybridized carbons (Fsp3) is 0.583. The van der Waals surface area contributed by atoms with Gasteiger partial charge in [0.25, 0.3) is 0 Å². The monoisotopic (exact) mass is 402 g/mol. The van der Waals surface area contributed by atoms with Crippen molar-refractivity contribution in [2.75, 3.05) is 0 Å². The molecule has 3 atom stereocenters. The summed E-state index contributed by atoms with van der Waals surface area (Å²) in [6.07, 6.45) is 3.64. The molecule has 5 nitrogen and oxygen atoms in total. The number of esters is 2. The van der Waals surface area contributed by atoms with E-state index in [2.05, 4.69) is 0 Å². The van der Waals surface area contributed by atoms with Gasteiger partial charge in [-0.15, -0.1) is 0 Å². The van der Waals surface area contributed by atoms with Gasteiger partial charge in [-0.25, -0.2) is 0 Å².